The van der Waals surface area contributed by atoms with Gasteiger partial charge in [-0.3, -0.25) is 4.79 Å². The van der Waals surface area contributed by atoms with Crippen LogP contribution in [0, 0.1) is 0 Å². The Bertz CT molecular complexity index is 396. The van der Waals surface area contributed by atoms with E-state index in [9.17, 15) is 4.79 Å². The van der Waals surface area contributed by atoms with Gasteiger partial charge in [0, 0.05) is 26.5 Å². The number of nitrogens with one attached hydrogen (secondary N) is 2. The summed E-state index contributed by atoms with van der Waals surface area (Å²) in [6.45, 7) is 3.49. The highest BCUT2D eigenvalue weighted by Gasteiger charge is 2.06. The zero-order valence-electron chi connectivity index (χ0n) is 11.7. The van der Waals surface area contributed by atoms with Crippen LogP contribution in [0.15, 0.2) is 24.3 Å². The number of anilines is 1. The van der Waals surface area contributed by atoms with Crippen molar-refractivity contribution in [3.05, 3.63) is 29.8 Å². The molecule has 1 unspecified atom stereocenters. The highest BCUT2D eigenvalue weighted by atomic mass is 16.5. The monoisotopic (exact) mass is 266 g/mol. The summed E-state index contributed by atoms with van der Waals surface area (Å²) in [6, 6.07) is 7.65. The largest absolute Gasteiger partial charge is 0.383 e. The third-order valence-corrected chi connectivity index (χ3v) is 2.76. The van der Waals surface area contributed by atoms with E-state index in [-0.39, 0.29) is 18.6 Å². The maximum absolute atomic E-state index is 11.7. The first-order valence-corrected chi connectivity index (χ1v) is 6.29. The summed E-state index contributed by atoms with van der Waals surface area (Å²) in [5, 5.41) is 5.83. The summed E-state index contributed by atoms with van der Waals surface area (Å²) in [5.41, 5.74) is 1.81. The average molecular weight is 266 g/mol. The Morgan fingerprint density at radius 2 is 2.16 bits per heavy atom. The van der Waals surface area contributed by atoms with E-state index in [0.717, 1.165) is 11.3 Å². The molecule has 5 heteroatoms. The number of hydrogen-bond donors (Lipinski definition) is 2. The van der Waals surface area contributed by atoms with E-state index >= 15 is 0 Å². The van der Waals surface area contributed by atoms with Crippen LogP contribution in [0.2, 0.25) is 0 Å². The molecule has 0 bridgehead atoms. The first-order chi connectivity index (χ1) is 9.17. The molecule has 0 fully saturated rings. The molecule has 2 N–H and O–H groups in total. The second-order valence-corrected chi connectivity index (χ2v) is 4.22. The van der Waals surface area contributed by atoms with Crippen LogP contribution < -0.4 is 10.6 Å². The lowest BCUT2D eigenvalue weighted by Gasteiger charge is -2.12. The molecule has 1 rings (SSSR count). The van der Waals surface area contributed by atoms with Gasteiger partial charge in [-0.15, -0.1) is 0 Å². The minimum Gasteiger partial charge on any atom is -0.383 e. The maximum atomic E-state index is 11.7. The van der Waals surface area contributed by atoms with Crippen LogP contribution >= 0.6 is 0 Å². The Labute approximate surface area is 114 Å². The third kappa shape index (κ3) is 5.83. The van der Waals surface area contributed by atoms with Crippen molar-refractivity contribution in [2.75, 3.05) is 39.2 Å². The van der Waals surface area contributed by atoms with Crippen molar-refractivity contribution < 1.29 is 14.3 Å². The predicted octanol–water partition coefficient (Wildman–Crippen LogP) is 1.57. The van der Waals surface area contributed by atoms with Gasteiger partial charge in [0.2, 0.25) is 5.91 Å². The molecule has 0 heterocycles. The van der Waals surface area contributed by atoms with Gasteiger partial charge in [-0.2, -0.15) is 0 Å². The lowest BCUT2D eigenvalue weighted by Crippen LogP contribution is -2.30. The Hall–Kier alpha value is -1.43. The van der Waals surface area contributed by atoms with Crippen molar-refractivity contribution in [1.29, 1.82) is 0 Å². The van der Waals surface area contributed by atoms with Gasteiger partial charge in [-0.1, -0.05) is 12.1 Å². The molecule has 0 saturated carbocycles. The Kier molecular flexibility index (Phi) is 7.10. The van der Waals surface area contributed by atoms with Crippen LogP contribution in [0.4, 0.5) is 5.69 Å². The highest BCUT2D eigenvalue weighted by molar-refractivity contribution is 5.92. The molecule has 0 spiro atoms. The smallest absolute Gasteiger partial charge is 0.238 e. The van der Waals surface area contributed by atoms with Crippen LogP contribution in [-0.2, 0) is 14.3 Å². The topological polar surface area (TPSA) is 59.6 Å². The van der Waals surface area contributed by atoms with Crippen molar-refractivity contribution in [3.8, 4) is 0 Å². The zero-order valence-corrected chi connectivity index (χ0v) is 11.7. The molecular weight excluding hydrogens is 244 g/mol. The first-order valence-electron chi connectivity index (χ1n) is 6.29. The third-order valence-electron chi connectivity index (χ3n) is 2.76. The average Bonchev–Trinajstić information content (AvgIpc) is 2.43. The van der Waals surface area contributed by atoms with E-state index in [0.29, 0.717) is 13.2 Å². The number of amides is 1. The van der Waals surface area contributed by atoms with Gasteiger partial charge in [-0.05, 0) is 24.6 Å². The van der Waals surface area contributed by atoms with Gasteiger partial charge in [0.25, 0.3) is 0 Å². The molecule has 0 aliphatic heterocycles. The van der Waals surface area contributed by atoms with Gasteiger partial charge < -0.3 is 20.1 Å². The Balaban J connectivity index is 2.45. The molecule has 5 nitrogen and oxygen atoms in total. The standard InChI is InChI=1S/C14H22N2O3/c1-11(19-3)12-5-4-6-13(9-12)16-14(17)10-15-7-8-18-2/h4-6,9,11,15H,7-8,10H2,1-3H3,(H,16,17). The molecule has 1 amide bonds. The number of ether oxygens (including phenoxy) is 2. The van der Waals surface area contributed by atoms with E-state index in [1.165, 1.54) is 0 Å². The fraction of sp³-hybridized carbons (Fsp3) is 0.500. The number of carbonyl (C=O) groups is 1. The minimum atomic E-state index is -0.0710. The summed E-state index contributed by atoms with van der Waals surface area (Å²) in [4.78, 5) is 11.7. The first kappa shape index (κ1) is 15.6. The number of benzene rings is 1. The lowest BCUT2D eigenvalue weighted by atomic mass is 10.1. The van der Waals surface area contributed by atoms with E-state index < -0.39 is 0 Å². The van der Waals surface area contributed by atoms with E-state index in [4.69, 9.17) is 9.47 Å². The fourth-order valence-electron chi connectivity index (χ4n) is 1.59. The summed E-state index contributed by atoms with van der Waals surface area (Å²) >= 11 is 0. The molecular formula is C14H22N2O3. The van der Waals surface area contributed by atoms with Crippen LogP contribution in [0.3, 0.4) is 0 Å². The fourth-order valence-corrected chi connectivity index (χ4v) is 1.59. The maximum Gasteiger partial charge on any atom is 0.238 e. The summed E-state index contributed by atoms with van der Waals surface area (Å²) in [6.07, 6.45) is 0.0108. The molecule has 0 radical (unpaired) electrons. The van der Waals surface area contributed by atoms with Gasteiger partial charge >= 0.3 is 0 Å². The molecule has 0 aliphatic rings. The number of methoxy groups -OCH3 is 2. The normalized spacial score (nSPS) is 12.2. The van der Waals surface area contributed by atoms with Crippen LogP contribution in [0.1, 0.15) is 18.6 Å². The van der Waals surface area contributed by atoms with Crippen molar-refractivity contribution in [1.82, 2.24) is 5.32 Å². The quantitative estimate of drug-likeness (QED) is 0.701. The van der Waals surface area contributed by atoms with Crippen molar-refractivity contribution in [2.45, 2.75) is 13.0 Å². The van der Waals surface area contributed by atoms with Crippen molar-refractivity contribution >= 4 is 11.6 Å². The number of hydrogen-bond acceptors (Lipinski definition) is 4. The zero-order chi connectivity index (χ0) is 14.1. The SMILES string of the molecule is COCCNCC(=O)Nc1cccc(C(C)OC)c1. The number of carbonyl (C=O) groups excluding carboxylic acids is 1. The van der Waals surface area contributed by atoms with Gasteiger partial charge in [0.1, 0.15) is 0 Å². The molecule has 19 heavy (non-hydrogen) atoms. The van der Waals surface area contributed by atoms with Gasteiger partial charge in [0.05, 0.1) is 19.3 Å². The van der Waals surface area contributed by atoms with E-state index in [1.54, 1.807) is 14.2 Å². The van der Waals surface area contributed by atoms with Crippen molar-refractivity contribution in [3.63, 3.8) is 0 Å². The molecule has 1 atom stereocenters. The lowest BCUT2D eigenvalue weighted by molar-refractivity contribution is -0.115. The molecule has 0 aromatic heterocycles. The minimum absolute atomic E-state index is 0.0108. The summed E-state index contributed by atoms with van der Waals surface area (Å²) in [7, 11) is 3.29. The molecule has 0 aliphatic carbocycles. The van der Waals surface area contributed by atoms with Crippen LogP contribution in [0.5, 0.6) is 0 Å². The second-order valence-electron chi connectivity index (χ2n) is 4.22. The highest BCUT2D eigenvalue weighted by Crippen LogP contribution is 2.19. The predicted molar refractivity (Wildman–Crippen MR) is 75.2 cm³/mol. The number of rotatable bonds is 8. The molecule has 1 aromatic rings. The van der Waals surface area contributed by atoms with E-state index in [2.05, 4.69) is 10.6 Å². The Morgan fingerprint density at radius 3 is 2.84 bits per heavy atom. The van der Waals surface area contributed by atoms with Crippen molar-refractivity contribution in [2.24, 2.45) is 0 Å². The van der Waals surface area contributed by atoms with E-state index in [1.807, 2.05) is 31.2 Å². The van der Waals surface area contributed by atoms with Gasteiger partial charge in [0.15, 0.2) is 0 Å². The van der Waals surface area contributed by atoms with Crippen LogP contribution in [0.25, 0.3) is 0 Å². The summed E-state index contributed by atoms with van der Waals surface area (Å²) in [5.74, 6) is -0.0710. The van der Waals surface area contributed by atoms with Gasteiger partial charge in [-0.25, -0.2) is 0 Å². The second kappa shape index (κ2) is 8.63. The molecule has 0 saturated heterocycles. The molecule has 106 valence electrons. The summed E-state index contributed by atoms with van der Waals surface area (Å²) < 4.78 is 10.1. The molecule has 1 aromatic carbocycles. The Morgan fingerprint density at radius 1 is 1.37 bits per heavy atom. The van der Waals surface area contributed by atoms with Crippen LogP contribution in [-0.4, -0.2) is 39.8 Å².